The van der Waals surface area contributed by atoms with E-state index in [0.717, 1.165) is 38.8 Å². The Morgan fingerprint density at radius 2 is 1.57 bits per heavy atom. The van der Waals surface area contributed by atoms with Gasteiger partial charge in [0.05, 0.1) is 0 Å². The van der Waals surface area contributed by atoms with Gasteiger partial charge in [0.2, 0.25) is 0 Å². The minimum absolute atomic E-state index is 0.401. The van der Waals surface area contributed by atoms with Gasteiger partial charge >= 0.3 is 0 Å². The summed E-state index contributed by atoms with van der Waals surface area (Å²) in [7, 11) is 0. The molecule has 3 heteroatoms. The average molecular weight is 404 g/mol. The maximum atomic E-state index is 9.12. The highest BCUT2D eigenvalue weighted by molar-refractivity contribution is 5.35. The van der Waals surface area contributed by atoms with Crippen molar-refractivity contribution in [3.05, 3.63) is 101 Å². The smallest absolute Gasteiger partial charge is 0.165 e. The van der Waals surface area contributed by atoms with Gasteiger partial charge in [0.15, 0.2) is 5.75 Å². The summed E-state index contributed by atoms with van der Waals surface area (Å²) in [5.41, 5.74) is 5.19. The van der Waals surface area contributed by atoms with Crippen molar-refractivity contribution in [2.75, 3.05) is 6.54 Å². The van der Waals surface area contributed by atoms with Crippen molar-refractivity contribution in [3.63, 3.8) is 0 Å². The predicted molar refractivity (Wildman–Crippen MR) is 124 cm³/mol. The maximum Gasteiger partial charge on any atom is 0.165 e. The highest BCUT2D eigenvalue weighted by atomic mass is 17.1. The molecule has 1 unspecified atom stereocenters. The van der Waals surface area contributed by atoms with Gasteiger partial charge in [0.1, 0.15) is 0 Å². The number of aryl methyl sites for hydroxylation is 2. The van der Waals surface area contributed by atoms with Crippen LogP contribution in [0.4, 0.5) is 0 Å². The van der Waals surface area contributed by atoms with E-state index >= 15 is 0 Å². The van der Waals surface area contributed by atoms with Gasteiger partial charge in [-0.15, -0.1) is 0 Å². The van der Waals surface area contributed by atoms with Gasteiger partial charge in [0, 0.05) is 12.6 Å². The lowest BCUT2D eigenvalue weighted by Crippen LogP contribution is -2.37. The van der Waals surface area contributed by atoms with E-state index in [9.17, 15) is 0 Å². The molecular weight excluding hydrogens is 370 g/mol. The number of rotatable bonds is 11. The van der Waals surface area contributed by atoms with Crippen LogP contribution in [-0.4, -0.2) is 22.7 Å². The van der Waals surface area contributed by atoms with Gasteiger partial charge in [-0.05, 0) is 73.5 Å². The average Bonchev–Trinajstić information content (AvgIpc) is 2.79. The molecule has 0 saturated carbocycles. The van der Waals surface area contributed by atoms with Crippen LogP contribution in [0, 0.1) is 6.92 Å². The molecule has 3 nitrogen and oxygen atoms in total. The van der Waals surface area contributed by atoms with E-state index < -0.39 is 0 Å². The van der Waals surface area contributed by atoms with Crippen LogP contribution in [0.15, 0.2) is 78.9 Å². The summed E-state index contributed by atoms with van der Waals surface area (Å²) >= 11 is 0. The lowest BCUT2D eigenvalue weighted by Gasteiger charge is -2.32. The van der Waals surface area contributed by atoms with Crippen molar-refractivity contribution in [2.45, 2.75) is 52.1 Å². The first-order chi connectivity index (χ1) is 14.7. The lowest BCUT2D eigenvalue weighted by molar-refractivity contribution is -0.137. The minimum Gasteiger partial charge on any atom is -0.340 e. The van der Waals surface area contributed by atoms with E-state index in [1.165, 1.54) is 22.3 Å². The fourth-order valence-corrected chi connectivity index (χ4v) is 4.07. The molecule has 0 fully saturated rings. The number of benzene rings is 3. The molecule has 1 N–H and O–H groups in total. The Bertz CT molecular complexity index is 880. The van der Waals surface area contributed by atoms with Crippen molar-refractivity contribution in [2.24, 2.45) is 0 Å². The zero-order valence-corrected chi connectivity index (χ0v) is 18.1. The number of nitrogens with zero attached hydrogens (tertiary/aromatic N) is 1. The maximum absolute atomic E-state index is 9.12. The summed E-state index contributed by atoms with van der Waals surface area (Å²) in [6, 6.07) is 27.7. The highest BCUT2D eigenvalue weighted by Crippen LogP contribution is 2.23. The molecule has 0 aliphatic heterocycles. The lowest BCUT2D eigenvalue weighted by atomic mass is 9.94. The highest BCUT2D eigenvalue weighted by Gasteiger charge is 2.20. The van der Waals surface area contributed by atoms with Gasteiger partial charge in [0.25, 0.3) is 0 Å². The van der Waals surface area contributed by atoms with Crippen LogP contribution in [0.1, 0.15) is 42.0 Å². The third-order valence-electron chi connectivity index (χ3n) is 5.75. The van der Waals surface area contributed by atoms with Crippen LogP contribution < -0.4 is 4.89 Å². The summed E-state index contributed by atoms with van der Waals surface area (Å²) < 4.78 is 0. The molecular formula is C27H33NO2. The molecule has 0 aliphatic carbocycles. The van der Waals surface area contributed by atoms with Gasteiger partial charge in [-0.25, -0.2) is 5.26 Å². The van der Waals surface area contributed by atoms with Gasteiger partial charge in [-0.1, -0.05) is 73.7 Å². The largest absolute Gasteiger partial charge is 0.340 e. The Kier molecular flexibility index (Phi) is 8.49. The van der Waals surface area contributed by atoms with E-state index in [-0.39, 0.29) is 0 Å². The zero-order chi connectivity index (χ0) is 21.2. The molecule has 3 aromatic rings. The Morgan fingerprint density at radius 3 is 2.20 bits per heavy atom. The van der Waals surface area contributed by atoms with E-state index in [0.29, 0.717) is 11.8 Å². The molecule has 0 heterocycles. The first kappa shape index (κ1) is 22.1. The molecule has 0 bridgehead atoms. The molecule has 30 heavy (non-hydrogen) atoms. The second-order valence-electron chi connectivity index (χ2n) is 8.02. The Balaban J connectivity index is 1.84. The topological polar surface area (TPSA) is 32.7 Å². The first-order valence-corrected chi connectivity index (χ1v) is 10.9. The SMILES string of the molecule is CCCN(Cc1ccccc1)C(CCc1ccccc1)Cc1cc(OO)ccc1C. The van der Waals surface area contributed by atoms with Gasteiger partial charge in [-0.3, -0.25) is 4.90 Å². The zero-order valence-electron chi connectivity index (χ0n) is 18.1. The van der Waals surface area contributed by atoms with Crippen LogP contribution in [0.5, 0.6) is 5.75 Å². The molecule has 158 valence electrons. The first-order valence-electron chi connectivity index (χ1n) is 10.9. The molecule has 0 amide bonds. The Hall–Kier alpha value is -2.62. The molecule has 3 aromatic carbocycles. The van der Waals surface area contributed by atoms with Crippen LogP contribution in [0.2, 0.25) is 0 Å². The standard InChI is InChI=1S/C27H33NO2/c1-3-18-28(21-24-12-8-5-9-13-24)26(16-15-23-10-6-4-7-11-23)19-25-20-27(30-29)17-14-22(25)2/h4-14,17,20,26,29H,3,15-16,18-19,21H2,1-2H3. The van der Waals surface area contributed by atoms with Crippen LogP contribution >= 0.6 is 0 Å². The van der Waals surface area contributed by atoms with Crippen LogP contribution in [0.3, 0.4) is 0 Å². The molecule has 0 saturated heterocycles. The predicted octanol–water partition coefficient (Wildman–Crippen LogP) is 6.30. The number of hydrogen-bond acceptors (Lipinski definition) is 3. The molecule has 0 aromatic heterocycles. The minimum atomic E-state index is 0.401. The summed E-state index contributed by atoms with van der Waals surface area (Å²) in [4.78, 5) is 7.13. The van der Waals surface area contributed by atoms with Crippen molar-refractivity contribution < 1.29 is 10.1 Å². The summed E-state index contributed by atoms with van der Waals surface area (Å²) in [6.07, 6.45) is 4.19. The Labute approximate surface area is 180 Å². The molecule has 0 spiro atoms. The second kappa shape index (κ2) is 11.5. The quantitative estimate of drug-likeness (QED) is 0.301. The van der Waals surface area contributed by atoms with Crippen LogP contribution in [0.25, 0.3) is 0 Å². The fraction of sp³-hybridized carbons (Fsp3) is 0.333. The number of hydrogen-bond donors (Lipinski definition) is 1. The van der Waals surface area contributed by atoms with Crippen molar-refractivity contribution in [3.8, 4) is 5.75 Å². The van der Waals surface area contributed by atoms with Gasteiger partial charge < -0.3 is 4.89 Å². The second-order valence-corrected chi connectivity index (χ2v) is 8.02. The molecule has 0 radical (unpaired) electrons. The third kappa shape index (κ3) is 6.45. The summed E-state index contributed by atoms with van der Waals surface area (Å²) in [5, 5.41) is 9.12. The van der Waals surface area contributed by atoms with E-state index in [1.54, 1.807) is 0 Å². The van der Waals surface area contributed by atoms with E-state index in [2.05, 4.69) is 84.3 Å². The van der Waals surface area contributed by atoms with E-state index in [4.69, 9.17) is 5.26 Å². The third-order valence-corrected chi connectivity index (χ3v) is 5.75. The summed E-state index contributed by atoms with van der Waals surface area (Å²) in [6.45, 7) is 6.39. The van der Waals surface area contributed by atoms with Gasteiger partial charge in [-0.2, -0.15) is 0 Å². The van der Waals surface area contributed by atoms with Crippen molar-refractivity contribution >= 4 is 0 Å². The normalized spacial score (nSPS) is 12.1. The Morgan fingerprint density at radius 1 is 0.900 bits per heavy atom. The molecule has 0 aliphatic rings. The van der Waals surface area contributed by atoms with Crippen molar-refractivity contribution in [1.29, 1.82) is 0 Å². The van der Waals surface area contributed by atoms with E-state index in [1.807, 2.05) is 18.2 Å². The molecule has 3 rings (SSSR count). The van der Waals surface area contributed by atoms with Crippen LogP contribution in [-0.2, 0) is 19.4 Å². The monoisotopic (exact) mass is 403 g/mol. The molecule has 1 atom stereocenters. The van der Waals surface area contributed by atoms with Crippen molar-refractivity contribution in [1.82, 2.24) is 4.90 Å². The fourth-order valence-electron chi connectivity index (χ4n) is 4.07. The summed E-state index contributed by atoms with van der Waals surface area (Å²) in [5.74, 6) is 0.502.